The van der Waals surface area contributed by atoms with Gasteiger partial charge in [0.2, 0.25) is 0 Å². The average molecular weight is 308 g/mol. The molecule has 2 nitrogen and oxygen atoms in total. The third-order valence-corrected chi connectivity index (χ3v) is 4.69. The highest BCUT2D eigenvalue weighted by molar-refractivity contribution is 4.83. The number of imidazole rings is 1. The van der Waals surface area contributed by atoms with Crippen molar-refractivity contribution in [1.29, 1.82) is 0 Å². The van der Waals surface area contributed by atoms with Gasteiger partial charge in [0.05, 0.1) is 13.1 Å². The number of hydrogen-bond donors (Lipinski definition) is 0. The minimum Gasteiger partial charge on any atom is -0.235 e. The number of rotatable bonds is 14. The van der Waals surface area contributed by atoms with Crippen LogP contribution in [0.3, 0.4) is 0 Å². The van der Waals surface area contributed by atoms with E-state index < -0.39 is 0 Å². The molecule has 0 atom stereocenters. The molecule has 0 saturated heterocycles. The Balaban J connectivity index is 2.19. The van der Waals surface area contributed by atoms with Crippen LogP contribution in [-0.4, -0.2) is 4.57 Å². The smallest absolute Gasteiger partial charge is 0.235 e. The lowest BCUT2D eigenvalue weighted by Crippen LogP contribution is -2.37. The maximum atomic E-state index is 2.48. The Labute approximate surface area is 138 Å². The maximum Gasteiger partial charge on any atom is 0.256 e. The van der Waals surface area contributed by atoms with Crippen molar-refractivity contribution in [2.45, 2.75) is 111 Å². The molecule has 0 bridgehead atoms. The fourth-order valence-corrected chi connectivity index (χ4v) is 3.20. The number of hydrogen-bond acceptors (Lipinski definition) is 0. The number of aromatic nitrogens is 2. The lowest BCUT2D eigenvalue weighted by atomic mass is 10.1. The standard InChI is InChI=1S/C20H39N2/c1-4-7-9-10-11-12-13-14-15-16-20-21(6-3)18-19-22(20)17-8-5-2/h18-19H,4-17H2,1-3H3/q+1. The fraction of sp³-hybridized carbons (Fsp3) is 0.850. The van der Waals surface area contributed by atoms with Crippen molar-refractivity contribution in [2.75, 3.05) is 0 Å². The number of unbranched alkanes of at least 4 members (excludes halogenated alkanes) is 9. The molecule has 0 aliphatic heterocycles. The van der Waals surface area contributed by atoms with Crippen molar-refractivity contribution in [3.63, 3.8) is 0 Å². The van der Waals surface area contributed by atoms with Gasteiger partial charge in [-0.2, -0.15) is 0 Å². The average Bonchev–Trinajstić information content (AvgIpc) is 2.93. The lowest BCUT2D eigenvalue weighted by Gasteiger charge is -2.04. The second-order valence-electron chi connectivity index (χ2n) is 6.63. The first-order chi connectivity index (χ1) is 10.8. The molecule has 0 saturated carbocycles. The maximum absolute atomic E-state index is 2.48. The van der Waals surface area contributed by atoms with E-state index in [1.807, 2.05) is 0 Å². The van der Waals surface area contributed by atoms with Gasteiger partial charge in [0.15, 0.2) is 0 Å². The second kappa shape index (κ2) is 12.7. The molecule has 0 unspecified atom stereocenters. The quantitative estimate of drug-likeness (QED) is 0.309. The molecule has 128 valence electrons. The van der Waals surface area contributed by atoms with Crippen molar-refractivity contribution < 1.29 is 4.57 Å². The molecule has 1 aromatic heterocycles. The monoisotopic (exact) mass is 307 g/mol. The summed E-state index contributed by atoms with van der Waals surface area (Å²) in [6.45, 7) is 9.11. The highest BCUT2D eigenvalue weighted by Gasteiger charge is 2.14. The number of aryl methyl sites for hydroxylation is 2. The van der Waals surface area contributed by atoms with E-state index >= 15 is 0 Å². The van der Waals surface area contributed by atoms with Crippen molar-refractivity contribution in [3.05, 3.63) is 18.2 Å². The molecular formula is C20H39N2+. The van der Waals surface area contributed by atoms with Gasteiger partial charge in [-0.25, -0.2) is 9.13 Å². The van der Waals surface area contributed by atoms with Gasteiger partial charge in [-0.1, -0.05) is 71.6 Å². The summed E-state index contributed by atoms with van der Waals surface area (Å²) in [6.07, 6.45) is 21.1. The zero-order valence-electron chi connectivity index (χ0n) is 15.4. The highest BCUT2D eigenvalue weighted by atomic mass is 15.1. The summed E-state index contributed by atoms with van der Waals surface area (Å²) >= 11 is 0. The minimum atomic E-state index is 1.10. The summed E-state index contributed by atoms with van der Waals surface area (Å²) in [5.41, 5.74) is 0. The van der Waals surface area contributed by atoms with E-state index in [4.69, 9.17) is 0 Å². The summed E-state index contributed by atoms with van der Waals surface area (Å²) in [5.74, 6) is 1.54. The van der Waals surface area contributed by atoms with Gasteiger partial charge in [-0.15, -0.1) is 0 Å². The molecule has 1 rings (SSSR count). The van der Waals surface area contributed by atoms with Crippen molar-refractivity contribution in [2.24, 2.45) is 0 Å². The van der Waals surface area contributed by atoms with Crippen molar-refractivity contribution in [1.82, 2.24) is 4.57 Å². The first kappa shape index (κ1) is 19.3. The largest absolute Gasteiger partial charge is 0.256 e. The van der Waals surface area contributed by atoms with Crippen LogP contribution in [0.25, 0.3) is 0 Å². The Kier molecular flexibility index (Phi) is 11.1. The molecule has 0 aliphatic rings. The van der Waals surface area contributed by atoms with Gasteiger partial charge in [-0.3, -0.25) is 0 Å². The topological polar surface area (TPSA) is 8.81 Å². The van der Waals surface area contributed by atoms with Crippen molar-refractivity contribution in [3.8, 4) is 0 Å². The molecular weight excluding hydrogens is 268 g/mol. The summed E-state index contributed by atoms with van der Waals surface area (Å²) in [7, 11) is 0. The molecule has 22 heavy (non-hydrogen) atoms. The van der Waals surface area contributed by atoms with E-state index in [1.54, 1.807) is 5.82 Å². The van der Waals surface area contributed by atoms with Crippen LogP contribution in [0.4, 0.5) is 0 Å². The molecule has 1 aromatic rings. The van der Waals surface area contributed by atoms with E-state index in [2.05, 4.69) is 42.3 Å². The molecule has 0 radical (unpaired) electrons. The highest BCUT2D eigenvalue weighted by Crippen LogP contribution is 2.11. The minimum absolute atomic E-state index is 1.10. The van der Waals surface area contributed by atoms with Gasteiger partial charge in [-0.05, 0) is 19.8 Å². The lowest BCUT2D eigenvalue weighted by molar-refractivity contribution is -0.704. The van der Waals surface area contributed by atoms with Crippen LogP contribution in [0.5, 0.6) is 0 Å². The Bertz CT molecular complexity index is 368. The van der Waals surface area contributed by atoms with Crippen LogP contribution in [-0.2, 0) is 19.5 Å². The predicted molar refractivity (Wildman–Crippen MR) is 96.1 cm³/mol. The van der Waals surface area contributed by atoms with Gasteiger partial charge in [0, 0.05) is 6.42 Å². The number of nitrogens with zero attached hydrogens (tertiary/aromatic N) is 2. The summed E-state index contributed by atoms with van der Waals surface area (Å²) in [6, 6.07) is 0. The van der Waals surface area contributed by atoms with Crippen LogP contribution >= 0.6 is 0 Å². The zero-order valence-corrected chi connectivity index (χ0v) is 15.4. The Morgan fingerprint density at radius 1 is 0.773 bits per heavy atom. The van der Waals surface area contributed by atoms with Crippen LogP contribution < -0.4 is 4.57 Å². The fourth-order valence-electron chi connectivity index (χ4n) is 3.20. The SMILES string of the molecule is CCCCCCCCCCCc1n(CC)cc[n+]1CCCC. The van der Waals surface area contributed by atoms with Gasteiger partial charge in [0.25, 0.3) is 5.82 Å². The van der Waals surface area contributed by atoms with E-state index in [-0.39, 0.29) is 0 Å². The molecule has 2 heteroatoms. The Morgan fingerprint density at radius 2 is 1.36 bits per heavy atom. The molecule has 0 aliphatic carbocycles. The zero-order chi connectivity index (χ0) is 16.0. The van der Waals surface area contributed by atoms with Gasteiger partial charge < -0.3 is 0 Å². The van der Waals surface area contributed by atoms with Crippen LogP contribution in [0.1, 0.15) is 97.2 Å². The van der Waals surface area contributed by atoms with Crippen molar-refractivity contribution >= 4 is 0 Å². The second-order valence-corrected chi connectivity index (χ2v) is 6.63. The predicted octanol–water partition coefficient (Wildman–Crippen LogP) is 5.67. The first-order valence-corrected chi connectivity index (χ1v) is 9.90. The third kappa shape index (κ3) is 7.47. The normalized spacial score (nSPS) is 11.2. The van der Waals surface area contributed by atoms with E-state index in [0.717, 1.165) is 6.54 Å². The van der Waals surface area contributed by atoms with Gasteiger partial charge in [0.1, 0.15) is 12.4 Å². The molecule has 0 amide bonds. The Morgan fingerprint density at radius 3 is 1.95 bits per heavy atom. The molecule has 1 heterocycles. The summed E-state index contributed by atoms with van der Waals surface area (Å²) in [4.78, 5) is 0. The Hall–Kier alpha value is -0.790. The van der Waals surface area contributed by atoms with Gasteiger partial charge >= 0.3 is 0 Å². The van der Waals surface area contributed by atoms with E-state index in [9.17, 15) is 0 Å². The van der Waals surface area contributed by atoms with E-state index in [1.165, 1.54) is 83.6 Å². The molecule has 0 fully saturated rings. The first-order valence-electron chi connectivity index (χ1n) is 9.90. The van der Waals surface area contributed by atoms with Crippen LogP contribution in [0.15, 0.2) is 12.4 Å². The summed E-state index contributed by atoms with van der Waals surface area (Å²) in [5, 5.41) is 0. The third-order valence-electron chi connectivity index (χ3n) is 4.69. The molecule has 0 N–H and O–H groups in total. The molecule has 0 spiro atoms. The van der Waals surface area contributed by atoms with Crippen LogP contribution in [0, 0.1) is 0 Å². The van der Waals surface area contributed by atoms with E-state index in [0.29, 0.717) is 0 Å². The van der Waals surface area contributed by atoms with Crippen LogP contribution in [0.2, 0.25) is 0 Å². The summed E-state index contributed by atoms with van der Waals surface area (Å²) < 4.78 is 4.91. The molecule has 0 aromatic carbocycles.